The number of hydrogen-bond acceptors (Lipinski definition) is 5. The SMILES string of the molecule is NC(=O)C1CCCCN1Cc1coc(-c2cccs2)n1. The first-order valence-electron chi connectivity index (χ1n) is 6.75. The number of thiophene rings is 1. The minimum absolute atomic E-state index is 0.175. The van der Waals surface area contributed by atoms with Crippen LogP contribution in [0.15, 0.2) is 28.2 Å². The van der Waals surface area contributed by atoms with Gasteiger partial charge in [-0.2, -0.15) is 0 Å². The molecule has 0 saturated carbocycles. The lowest BCUT2D eigenvalue weighted by Crippen LogP contribution is -2.47. The van der Waals surface area contributed by atoms with E-state index in [-0.39, 0.29) is 11.9 Å². The summed E-state index contributed by atoms with van der Waals surface area (Å²) in [5, 5.41) is 1.99. The van der Waals surface area contributed by atoms with E-state index in [9.17, 15) is 4.79 Å². The molecular formula is C14H17N3O2S. The maximum atomic E-state index is 11.5. The van der Waals surface area contributed by atoms with Crippen molar-refractivity contribution in [3.63, 3.8) is 0 Å². The van der Waals surface area contributed by atoms with Crippen molar-refractivity contribution in [1.82, 2.24) is 9.88 Å². The number of primary amides is 1. The summed E-state index contributed by atoms with van der Waals surface area (Å²) in [6.07, 6.45) is 4.66. The average Bonchev–Trinajstić information content (AvgIpc) is 3.09. The van der Waals surface area contributed by atoms with Crippen molar-refractivity contribution in [1.29, 1.82) is 0 Å². The van der Waals surface area contributed by atoms with Crippen molar-refractivity contribution in [3.05, 3.63) is 29.5 Å². The van der Waals surface area contributed by atoms with Gasteiger partial charge in [-0.25, -0.2) is 4.98 Å². The summed E-state index contributed by atoms with van der Waals surface area (Å²) in [7, 11) is 0. The molecule has 0 aliphatic carbocycles. The van der Waals surface area contributed by atoms with Crippen molar-refractivity contribution in [2.24, 2.45) is 5.73 Å². The van der Waals surface area contributed by atoms with Crippen LogP contribution in [0.25, 0.3) is 10.8 Å². The molecule has 3 rings (SSSR count). The van der Waals surface area contributed by atoms with Gasteiger partial charge in [0, 0.05) is 6.54 Å². The zero-order valence-corrected chi connectivity index (χ0v) is 11.9. The van der Waals surface area contributed by atoms with E-state index in [0.717, 1.165) is 36.4 Å². The van der Waals surface area contributed by atoms with E-state index in [1.54, 1.807) is 17.6 Å². The average molecular weight is 291 g/mol. The van der Waals surface area contributed by atoms with Gasteiger partial charge in [-0.1, -0.05) is 12.5 Å². The molecule has 0 aromatic carbocycles. The number of hydrogen-bond donors (Lipinski definition) is 1. The fourth-order valence-corrected chi connectivity index (χ4v) is 3.26. The van der Waals surface area contributed by atoms with Gasteiger partial charge in [0.1, 0.15) is 6.26 Å². The molecular weight excluding hydrogens is 274 g/mol. The molecule has 20 heavy (non-hydrogen) atoms. The summed E-state index contributed by atoms with van der Waals surface area (Å²) in [6.45, 7) is 1.50. The fourth-order valence-electron chi connectivity index (χ4n) is 2.60. The number of nitrogens with two attached hydrogens (primary N) is 1. The predicted octanol–water partition coefficient (Wildman–Crippen LogP) is 2.24. The summed E-state index contributed by atoms with van der Waals surface area (Å²) in [4.78, 5) is 19.1. The van der Waals surface area contributed by atoms with Gasteiger partial charge < -0.3 is 10.2 Å². The molecule has 2 aromatic heterocycles. The molecule has 1 fully saturated rings. The lowest BCUT2D eigenvalue weighted by atomic mass is 10.0. The van der Waals surface area contributed by atoms with E-state index in [1.165, 1.54) is 0 Å². The number of aromatic nitrogens is 1. The van der Waals surface area contributed by atoms with E-state index < -0.39 is 0 Å². The Kier molecular flexibility index (Phi) is 3.84. The fraction of sp³-hybridized carbons (Fsp3) is 0.429. The Morgan fingerprint density at radius 3 is 3.20 bits per heavy atom. The third kappa shape index (κ3) is 2.76. The van der Waals surface area contributed by atoms with Gasteiger partial charge in [0.05, 0.1) is 16.6 Å². The quantitative estimate of drug-likeness (QED) is 0.937. The molecule has 1 saturated heterocycles. The zero-order valence-electron chi connectivity index (χ0n) is 11.1. The van der Waals surface area contributed by atoms with Crippen molar-refractivity contribution >= 4 is 17.2 Å². The number of nitrogens with zero attached hydrogens (tertiary/aromatic N) is 2. The Morgan fingerprint density at radius 1 is 1.55 bits per heavy atom. The van der Waals surface area contributed by atoms with E-state index in [0.29, 0.717) is 12.4 Å². The summed E-state index contributed by atoms with van der Waals surface area (Å²) < 4.78 is 5.50. The van der Waals surface area contributed by atoms with Gasteiger partial charge >= 0.3 is 0 Å². The number of rotatable bonds is 4. The molecule has 2 N–H and O–H groups in total. The molecule has 0 bridgehead atoms. The lowest BCUT2D eigenvalue weighted by molar-refractivity contribution is -0.124. The molecule has 1 amide bonds. The van der Waals surface area contributed by atoms with Crippen LogP contribution < -0.4 is 5.73 Å². The van der Waals surface area contributed by atoms with Crippen LogP contribution in [0.2, 0.25) is 0 Å². The standard InChI is InChI=1S/C14H17N3O2S/c15-13(18)11-4-1-2-6-17(11)8-10-9-19-14(16-10)12-5-3-7-20-12/h3,5,7,9,11H,1-2,4,6,8H2,(H2,15,18). The highest BCUT2D eigenvalue weighted by Crippen LogP contribution is 2.25. The maximum Gasteiger partial charge on any atom is 0.236 e. The zero-order chi connectivity index (χ0) is 13.9. The van der Waals surface area contributed by atoms with Crippen molar-refractivity contribution in [2.75, 3.05) is 6.54 Å². The highest BCUT2D eigenvalue weighted by atomic mass is 32.1. The Labute approximate surface area is 121 Å². The van der Waals surface area contributed by atoms with Crippen LogP contribution in [-0.2, 0) is 11.3 Å². The number of carbonyl (C=O) groups is 1. The Balaban J connectivity index is 1.72. The monoisotopic (exact) mass is 291 g/mol. The minimum atomic E-state index is -0.244. The first kappa shape index (κ1) is 13.3. The van der Waals surface area contributed by atoms with Crippen LogP contribution in [0, 0.1) is 0 Å². The summed E-state index contributed by atoms with van der Waals surface area (Å²) in [5.41, 5.74) is 6.32. The molecule has 1 aliphatic heterocycles. The molecule has 1 aliphatic rings. The van der Waals surface area contributed by atoms with E-state index in [1.807, 2.05) is 17.5 Å². The number of likely N-dealkylation sites (tertiary alicyclic amines) is 1. The molecule has 3 heterocycles. The molecule has 6 heteroatoms. The first-order chi connectivity index (χ1) is 9.74. The smallest absolute Gasteiger partial charge is 0.236 e. The van der Waals surface area contributed by atoms with Gasteiger partial charge in [-0.15, -0.1) is 11.3 Å². The lowest BCUT2D eigenvalue weighted by Gasteiger charge is -2.32. The second kappa shape index (κ2) is 5.76. The van der Waals surface area contributed by atoms with Gasteiger partial charge in [0.2, 0.25) is 11.8 Å². The minimum Gasteiger partial charge on any atom is -0.444 e. The predicted molar refractivity (Wildman–Crippen MR) is 77.1 cm³/mol. The third-order valence-corrected chi connectivity index (χ3v) is 4.45. The second-order valence-corrected chi connectivity index (χ2v) is 5.95. The van der Waals surface area contributed by atoms with Crippen LogP contribution in [0.5, 0.6) is 0 Å². The van der Waals surface area contributed by atoms with Crippen molar-refractivity contribution in [2.45, 2.75) is 31.8 Å². The van der Waals surface area contributed by atoms with Crippen LogP contribution >= 0.6 is 11.3 Å². The highest BCUT2D eigenvalue weighted by molar-refractivity contribution is 7.13. The number of piperidine rings is 1. The topological polar surface area (TPSA) is 72.4 Å². The van der Waals surface area contributed by atoms with Crippen LogP contribution in [0.4, 0.5) is 0 Å². The largest absolute Gasteiger partial charge is 0.444 e. The summed E-state index contributed by atoms with van der Waals surface area (Å²) in [5.74, 6) is 0.398. The van der Waals surface area contributed by atoms with Crippen LogP contribution in [0.3, 0.4) is 0 Å². The summed E-state index contributed by atoms with van der Waals surface area (Å²) in [6, 6.07) is 3.77. The maximum absolute atomic E-state index is 11.5. The highest BCUT2D eigenvalue weighted by Gasteiger charge is 2.27. The number of amides is 1. The van der Waals surface area contributed by atoms with E-state index >= 15 is 0 Å². The molecule has 1 unspecified atom stereocenters. The van der Waals surface area contributed by atoms with Crippen LogP contribution in [-0.4, -0.2) is 28.4 Å². The first-order valence-corrected chi connectivity index (χ1v) is 7.63. The second-order valence-electron chi connectivity index (χ2n) is 5.01. The molecule has 0 radical (unpaired) electrons. The van der Waals surface area contributed by atoms with E-state index in [4.69, 9.17) is 10.2 Å². The molecule has 5 nitrogen and oxygen atoms in total. The molecule has 1 atom stereocenters. The van der Waals surface area contributed by atoms with Crippen LogP contribution in [0.1, 0.15) is 25.0 Å². The van der Waals surface area contributed by atoms with E-state index in [2.05, 4.69) is 9.88 Å². The Bertz CT molecular complexity index is 579. The number of oxazole rings is 1. The van der Waals surface area contributed by atoms with Gasteiger partial charge in [0.15, 0.2) is 0 Å². The Hall–Kier alpha value is -1.66. The molecule has 0 spiro atoms. The van der Waals surface area contributed by atoms with Gasteiger partial charge in [-0.05, 0) is 30.8 Å². The summed E-state index contributed by atoms with van der Waals surface area (Å²) >= 11 is 1.60. The van der Waals surface area contributed by atoms with Crippen molar-refractivity contribution in [3.8, 4) is 10.8 Å². The third-order valence-electron chi connectivity index (χ3n) is 3.59. The van der Waals surface area contributed by atoms with Gasteiger partial charge in [0.25, 0.3) is 0 Å². The Morgan fingerprint density at radius 2 is 2.45 bits per heavy atom. The van der Waals surface area contributed by atoms with Gasteiger partial charge in [-0.3, -0.25) is 9.69 Å². The van der Waals surface area contributed by atoms with Crippen molar-refractivity contribution < 1.29 is 9.21 Å². The normalized spacial score (nSPS) is 20.1. The number of carbonyl (C=O) groups excluding carboxylic acids is 1. The molecule has 2 aromatic rings. The molecule has 106 valence electrons.